The zero-order chi connectivity index (χ0) is 25.8. The molecule has 0 aliphatic carbocycles. The highest BCUT2D eigenvalue weighted by atomic mass is 28.4. The van der Waals surface area contributed by atoms with Gasteiger partial charge in [0.2, 0.25) is 35.4 Å². The maximum Gasteiger partial charge on any atom is 0.239 e. The van der Waals surface area contributed by atoms with Gasteiger partial charge in [-0.05, 0) is 51.1 Å². The summed E-state index contributed by atoms with van der Waals surface area (Å²) < 4.78 is 6.64. The molecule has 0 aromatic carbocycles. The van der Waals surface area contributed by atoms with Crippen molar-refractivity contribution in [3.63, 3.8) is 0 Å². The van der Waals surface area contributed by atoms with Gasteiger partial charge in [-0.15, -0.1) is 0 Å². The molecule has 9 nitrogen and oxygen atoms in total. The lowest BCUT2D eigenvalue weighted by atomic mass is 10.0. The summed E-state index contributed by atoms with van der Waals surface area (Å²) in [6.07, 6.45) is 3.91. The molecule has 2 fully saturated rings. The molecule has 6 amide bonds. The van der Waals surface area contributed by atoms with Crippen molar-refractivity contribution in [2.75, 3.05) is 0 Å². The van der Waals surface area contributed by atoms with Crippen molar-refractivity contribution in [2.24, 2.45) is 11.8 Å². The minimum absolute atomic E-state index is 0.112. The molecule has 190 valence electrons. The first kappa shape index (κ1) is 28.3. The molecular formula is C23H38N2O7Si2. The number of hydrogen-bond acceptors (Lipinski definition) is 7. The molecule has 0 bridgehead atoms. The van der Waals surface area contributed by atoms with E-state index in [2.05, 4.69) is 26.2 Å². The summed E-state index contributed by atoms with van der Waals surface area (Å²) >= 11 is 0. The molecule has 0 aromatic heterocycles. The number of unbranched alkanes of at least 4 members (excludes halogenated alkanes) is 1. The lowest BCUT2D eigenvalue weighted by Gasteiger charge is -2.34. The number of carbonyl (C=O) groups excluding carboxylic acids is 6. The highest BCUT2D eigenvalue weighted by Crippen LogP contribution is 2.30. The fourth-order valence-corrected chi connectivity index (χ4v) is 14.0. The Labute approximate surface area is 203 Å². The number of amides is 6. The van der Waals surface area contributed by atoms with Crippen LogP contribution in [0, 0.1) is 11.8 Å². The van der Waals surface area contributed by atoms with Crippen LogP contribution in [0.3, 0.4) is 0 Å². The highest BCUT2D eigenvalue weighted by molar-refractivity contribution is 6.84. The van der Waals surface area contributed by atoms with Gasteiger partial charge < -0.3 is 4.12 Å². The molecule has 2 heterocycles. The Morgan fingerprint density at radius 2 is 1.12 bits per heavy atom. The van der Waals surface area contributed by atoms with E-state index in [9.17, 15) is 28.8 Å². The summed E-state index contributed by atoms with van der Waals surface area (Å²) in [6, 6.07) is 1.82. The van der Waals surface area contributed by atoms with Crippen molar-refractivity contribution >= 4 is 52.1 Å². The first-order chi connectivity index (χ1) is 15.6. The van der Waals surface area contributed by atoms with Crippen LogP contribution in [0.2, 0.25) is 38.3 Å². The van der Waals surface area contributed by atoms with Crippen LogP contribution in [0.4, 0.5) is 0 Å². The van der Waals surface area contributed by atoms with Crippen LogP contribution in [0.5, 0.6) is 0 Å². The monoisotopic (exact) mass is 510 g/mol. The average molecular weight is 511 g/mol. The third kappa shape index (κ3) is 7.25. The average Bonchev–Trinajstić information content (AvgIpc) is 3.12. The Balaban J connectivity index is 1.73. The van der Waals surface area contributed by atoms with E-state index in [1.807, 2.05) is 0 Å². The van der Waals surface area contributed by atoms with E-state index < -0.39 is 52.1 Å². The van der Waals surface area contributed by atoms with Crippen molar-refractivity contribution < 1.29 is 32.9 Å². The number of carbonyl (C=O) groups is 6. The second-order valence-electron chi connectivity index (χ2n) is 10.7. The molecule has 2 aliphatic heterocycles. The molecule has 34 heavy (non-hydrogen) atoms. The van der Waals surface area contributed by atoms with Gasteiger partial charge in [-0.25, -0.2) is 9.80 Å². The Morgan fingerprint density at radius 1 is 0.735 bits per heavy atom. The van der Waals surface area contributed by atoms with Crippen LogP contribution in [-0.4, -0.2) is 61.9 Å². The van der Waals surface area contributed by atoms with Crippen LogP contribution in [0.1, 0.15) is 58.8 Å². The molecule has 2 aliphatic rings. The zero-order valence-electron chi connectivity index (χ0n) is 21.3. The van der Waals surface area contributed by atoms with Gasteiger partial charge in [0.05, 0.1) is 0 Å². The normalized spacial score (nSPS) is 21.7. The van der Waals surface area contributed by atoms with E-state index in [0.29, 0.717) is 12.8 Å². The van der Waals surface area contributed by atoms with Gasteiger partial charge in [-0.1, -0.05) is 19.3 Å². The molecular weight excluding hydrogens is 472 g/mol. The number of imide groups is 6. The Bertz CT molecular complexity index is 871. The van der Waals surface area contributed by atoms with E-state index in [4.69, 9.17) is 4.12 Å². The molecule has 0 aromatic rings. The summed E-state index contributed by atoms with van der Waals surface area (Å²) in [5, 5.41) is 0. The summed E-state index contributed by atoms with van der Waals surface area (Å²) in [6.45, 7) is 11.2. The fraction of sp³-hybridized carbons (Fsp3) is 0.739. The number of hydrogen-bond donors (Lipinski definition) is 0. The number of likely N-dealkylation sites (tertiary alicyclic amines) is 2. The van der Waals surface area contributed by atoms with Crippen LogP contribution in [0.15, 0.2) is 0 Å². The molecule has 2 atom stereocenters. The first-order valence-electron chi connectivity index (χ1n) is 12.1. The summed E-state index contributed by atoms with van der Waals surface area (Å²) in [5.41, 5.74) is 0. The first-order valence-corrected chi connectivity index (χ1v) is 18.3. The third-order valence-corrected chi connectivity index (χ3v) is 14.1. The van der Waals surface area contributed by atoms with E-state index in [1.165, 1.54) is 13.8 Å². The molecule has 11 heteroatoms. The minimum atomic E-state index is -1.97. The van der Waals surface area contributed by atoms with Gasteiger partial charge in [0.15, 0.2) is 16.6 Å². The van der Waals surface area contributed by atoms with Gasteiger partial charge in [0.25, 0.3) is 0 Å². The zero-order valence-corrected chi connectivity index (χ0v) is 23.3. The van der Waals surface area contributed by atoms with Crippen molar-refractivity contribution in [2.45, 2.75) is 97.1 Å². The van der Waals surface area contributed by atoms with E-state index >= 15 is 0 Å². The van der Waals surface area contributed by atoms with Gasteiger partial charge in [0.1, 0.15) is 0 Å². The lowest BCUT2D eigenvalue weighted by Crippen LogP contribution is -2.44. The van der Waals surface area contributed by atoms with E-state index in [1.54, 1.807) is 0 Å². The van der Waals surface area contributed by atoms with E-state index in [-0.39, 0.29) is 24.7 Å². The molecule has 2 unspecified atom stereocenters. The lowest BCUT2D eigenvalue weighted by molar-refractivity contribution is -0.151. The predicted molar refractivity (Wildman–Crippen MR) is 130 cm³/mol. The summed E-state index contributed by atoms with van der Waals surface area (Å²) in [7, 11) is -3.91. The standard InChI is InChI=1S/C23H38N2O7Si2/c1-16(26)24-20(28)14-18(22(24)30)10-7-8-12-33(3,4)32-34(5,6)13-9-11-19-15-21(29)25(17(2)27)23(19)31/h18-19H,7-15H2,1-6H3. The third-order valence-electron chi connectivity index (χ3n) is 6.58. The van der Waals surface area contributed by atoms with Crippen LogP contribution >= 0.6 is 0 Å². The van der Waals surface area contributed by atoms with Crippen LogP contribution in [-0.2, 0) is 32.9 Å². The second kappa shape index (κ2) is 11.2. The number of nitrogens with zero attached hydrogens (tertiary/aromatic N) is 2. The summed E-state index contributed by atoms with van der Waals surface area (Å²) in [4.78, 5) is 72.8. The molecule has 0 spiro atoms. The Hall–Kier alpha value is -1.99. The van der Waals surface area contributed by atoms with Crippen molar-refractivity contribution in [1.82, 2.24) is 9.80 Å². The molecule has 2 rings (SSSR count). The second-order valence-corrected chi connectivity index (χ2v) is 19.6. The van der Waals surface area contributed by atoms with Crippen LogP contribution < -0.4 is 0 Å². The van der Waals surface area contributed by atoms with E-state index in [0.717, 1.165) is 41.2 Å². The molecule has 2 saturated heterocycles. The maximum absolute atomic E-state index is 12.3. The van der Waals surface area contributed by atoms with Gasteiger partial charge >= 0.3 is 0 Å². The van der Waals surface area contributed by atoms with Crippen molar-refractivity contribution in [3.05, 3.63) is 0 Å². The fourth-order valence-electron chi connectivity index (χ4n) is 5.07. The quantitative estimate of drug-likeness (QED) is 0.238. The Kier molecular flexibility index (Phi) is 9.28. The SMILES string of the molecule is CC(=O)N1C(=O)CC(CCCC[Si](C)(C)O[Si](C)(C)CCCC2CC(=O)N(C(C)=O)C2=O)C1=O. The molecule has 0 radical (unpaired) electrons. The maximum atomic E-state index is 12.3. The highest BCUT2D eigenvalue weighted by Gasteiger charge is 2.42. The summed E-state index contributed by atoms with van der Waals surface area (Å²) in [5.74, 6) is -3.36. The molecule has 0 N–H and O–H groups in total. The smallest absolute Gasteiger partial charge is 0.239 e. The Morgan fingerprint density at radius 3 is 1.50 bits per heavy atom. The van der Waals surface area contributed by atoms with Crippen LogP contribution in [0.25, 0.3) is 0 Å². The van der Waals surface area contributed by atoms with Gasteiger partial charge in [0, 0.05) is 38.5 Å². The largest absolute Gasteiger partial charge is 0.455 e. The predicted octanol–water partition coefficient (Wildman–Crippen LogP) is 3.21. The number of rotatable bonds is 11. The van der Waals surface area contributed by atoms with Gasteiger partial charge in [-0.3, -0.25) is 28.8 Å². The van der Waals surface area contributed by atoms with Crippen molar-refractivity contribution in [1.29, 1.82) is 0 Å². The van der Waals surface area contributed by atoms with Crippen molar-refractivity contribution in [3.8, 4) is 0 Å². The topological polar surface area (TPSA) is 118 Å². The minimum Gasteiger partial charge on any atom is -0.455 e. The molecule has 0 saturated carbocycles. The van der Waals surface area contributed by atoms with Gasteiger partial charge in [-0.2, -0.15) is 0 Å².